The summed E-state index contributed by atoms with van der Waals surface area (Å²) < 4.78 is 5.62. The molecule has 2 aromatic carbocycles. The molecule has 0 aliphatic heterocycles. The number of rotatable bonds is 5. The van der Waals surface area contributed by atoms with E-state index in [1.807, 2.05) is 75.4 Å². The molecule has 2 amide bonds. The van der Waals surface area contributed by atoms with Crippen molar-refractivity contribution < 1.29 is 14.3 Å². The first-order valence-electron chi connectivity index (χ1n) is 8.20. The van der Waals surface area contributed by atoms with E-state index in [1.54, 1.807) is 0 Å². The van der Waals surface area contributed by atoms with Crippen LogP contribution < -0.4 is 15.6 Å². The molecule has 5 nitrogen and oxygen atoms in total. The minimum Gasteiger partial charge on any atom is -0.483 e. The second kappa shape index (κ2) is 8.33. The molecule has 0 fully saturated rings. The van der Waals surface area contributed by atoms with Crippen molar-refractivity contribution in [3.8, 4) is 16.9 Å². The fraction of sp³-hybridized carbons (Fsp3) is 0.300. The van der Waals surface area contributed by atoms with Crippen LogP contribution >= 0.6 is 0 Å². The molecule has 0 heterocycles. The van der Waals surface area contributed by atoms with E-state index in [-0.39, 0.29) is 17.9 Å². The lowest BCUT2D eigenvalue weighted by Gasteiger charge is -2.17. The van der Waals surface area contributed by atoms with Crippen molar-refractivity contribution in [1.82, 2.24) is 10.9 Å². The van der Waals surface area contributed by atoms with Gasteiger partial charge in [-0.25, -0.2) is 0 Å². The SMILES string of the molecule is CC(C)(C)CC(=O)NNC(=O)COc1ccccc1-c1ccccc1. The van der Waals surface area contributed by atoms with Gasteiger partial charge in [-0.15, -0.1) is 0 Å². The van der Waals surface area contributed by atoms with Crippen LogP contribution in [0.15, 0.2) is 54.6 Å². The van der Waals surface area contributed by atoms with E-state index < -0.39 is 5.91 Å². The zero-order valence-electron chi connectivity index (χ0n) is 14.8. The van der Waals surface area contributed by atoms with Gasteiger partial charge in [-0.3, -0.25) is 20.4 Å². The third-order valence-corrected chi connectivity index (χ3v) is 3.36. The predicted molar refractivity (Wildman–Crippen MR) is 97.7 cm³/mol. The minimum atomic E-state index is -0.412. The van der Waals surface area contributed by atoms with Gasteiger partial charge in [-0.2, -0.15) is 0 Å². The van der Waals surface area contributed by atoms with Gasteiger partial charge in [-0.05, 0) is 17.0 Å². The van der Waals surface area contributed by atoms with Crippen molar-refractivity contribution in [2.75, 3.05) is 6.61 Å². The Morgan fingerprint density at radius 2 is 1.48 bits per heavy atom. The minimum absolute atomic E-state index is 0.139. The first-order chi connectivity index (χ1) is 11.8. The largest absolute Gasteiger partial charge is 0.483 e. The van der Waals surface area contributed by atoms with Crippen LogP contribution in [0.25, 0.3) is 11.1 Å². The van der Waals surface area contributed by atoms with E-state index in [9.17, 15) is 9.59 Å². The van der Waals surface area contributed by atoms with Gasteiger partial charge in [0.05, 0.1) is 0 Å². The van der Waals surface area contributed by atoms with Crippen molar-refractivity contribution >= 4 is 11.8 Å². The van der Waals surface area contributed by atoms with Gasteiger partial charge in [0.15, 0.2) is 6.61 Å². The summed E-state index contributed by atoms with van der Waals surface area (Å²) in [4.78, 5) is 23.6. The van der Waals surface area contributed by atoms with Gasteiger partial charge in [0.1, 0.15) is 5.75 Å². The Kier molecular flexibility index (Phi) is 6.17. The summed E-state index contributed by atoms with van der Waals surface area (Å²) in [5.74, 6) is -0.0273. The van der Waals surface area contributed by atoms with E-state index in [0.717, 1.165) is 11.1 Å². The van der Waals surface area contributed by atoms with Crippen molar-refractivity contribution in [3.63, 3.8) is 0 Å². The normalized spacial score (nSPS) is 10.8. The van der Waals surface area contributed by atoms with Crippen LogP contribution in [0.4, 0.5) is 0 Å². The predicted octanol–water partition coefficient (Wildman–Crippen LogP) is 3.32. The smallest absolute Gasteiger partial charge is 0.276 e. The molecule has 0 aliphatic carbocycles. The number of benzene rings is 2. The monoisotopic (exact) mass is 340 g/mol. The van der Waals surface area contributed by atoms with Gasteiger partial charge in [-0.1, -0.05) is 69.3 Å². The van der Waals surface area contributed by atoms with Gasteiger partial charge in [0.25, 0.3) is 5.91 Å². The summed E-state index contributed by atoms with van der Waals surface area (Å²) in [5, 5.41) is 0. The van der Waals surface area contributed by atoms with Crippen LogP contribution in [0.5, 0.6) is 5.75 Å². The maximum absolute atomic E-state index is 11.9. The summed E-state index contributed by atoms with van der Waals surface area (Å²) in [7, 11) is 0. The molecule has 0 bridgehead atoms. The Bertz CT molecular complexity index is 721. The molecule has 2 rings (SSSR count). The molecular weight excluding hydrogens is 316 g/mol. The molecule has 0 saturated heterocycles. The average molecular weight is 340 g/mol. The molecule has 0 aliphatic rings. The Morgan fingerprint density at radius 3 is 2.16 bits per heavy atom. The van der Waals surface area contributed by atoms with Crippen molar-refractivity contribution in [2.45, 2.75) is 27.2 Å². The third-order valence-electron chi connectivity index (χ3n) is 3.36. The Hall–Kier alpha value is -2.82. The van der Waals surface area contributed by atoms with Crippen LogP contribution in [-0.4, -0.2) is 18.4 Å². The van der Waals surface area contributed by atoms with Crippen LogP contribution in [0.1, 0.15) is 27.2 Å². The maximum atomic E-state index is 11.9. The first-order valence-corrected chi connectivity index (χ1v) is 8.20. The van der Waals surface area contributed by atoms with Crippen LogP contribution in [0.2, 0.25) is 0 Å². The molecule has 0 aromatic heterocycles. The van der Waals surface area contributed by atoms with E-state index in [4.69, 9.17) is 4.74 Å². The molecule has 25 heavy (non-hydrogen) atoms. The molecule has 0 unspecified atom stereocenters. The summed E-state index contributed by atoms with van der Waals surface area (Å²) in [6, 6.07) is 17.3. The van der Waals surface area contributed by atoms with Crippen molar-refractivity contribution in [3.05, 3.63) is 54.6 Å². The quantitative estimate of drug-likeness (QED) is 0.821. The Morgan fingerprint density at radius 1 is 0.880 bits per heavy atom. The standard InChI is InChI=1S/C20H24N2O3/c1-20(2,3)13-18(23)21-22-19(24)14-25-17-12-8-7-11-16(17)15-9-5-4-6-10-15/h4-12H,13-14H2,1-3H3,(H,21,23)(H,22,24). The summed E-state index contributed by atoms with van der Waals surface area (Å²) in [5.41, 5.74) is 6.56. The molecule has 2 aromatic rings. The highest BCUT2D eigenvalue weighted by Crippen LogP contribution is 2.29. The van der Waals surface area contributed by atoms with Gasteiger partial charge >= 0.3 is 0 Å². The Labute approximate surface area is 148 Å². The molecule has 0 spiro atoms. The lowest BCUT2D eigenvalue weighted by atomic mass is 9.92. The van der Waals surface area contributed by atoms with Crippen LogP contribution in [0.3, 0.4) is 0 Å². The van der Waals surface area contributed by atoms with Crippen LogP contribution in [0, 0.1) is 5.41 Å². The molecule has 0 saturated carbocycles. The van der Waals surface area contributed by atoms with Gasteiger partial charge in [0, 0.05) is 12.0 Å². The Balaban J connectivity index is 1.90. The van der Waals surface area contributed by atoms with Gasteiger partial charge in [0.2, 0.25) is 5.91 Å². The number of ether oxygens (including phenoxy) is 1. The number of amides is 2. The van der Waals surface area contributed by atoms with Crippen molar-refractivity contribution in [2.24, 2.45) is 5.41 Å². The molecule has 132 valence electrons. The van der Waals surface area contributed by atoms with E-state index in [1.165, 1.54) is 0 Å². The third kappa shape index (κ3) is 6.30. The fourth-order valence-electron chi connectivity index (χ4n) is 2.29. The molecule has 5 heteroatoms. The number of hydrazine groups is 1. The van der Waals surface area contributed by atoms with Gasteiger partial charge < -0.3 is 4.74 Å². The lowest BCUT2D eigenvalue weighted by molar-refractivity contribution is -0.130. The number of hydrogen-bond acceptors (Lipinski definition) is 3. The van der Waals surface area contributed by atoms with Crippen molar-refractivity contribution in [1.29, 1.82) is 0 Å². The number of hydrogen-bond donors (Lipinski definition) is 2. The topological polar surface area (TPSA) is 67.4 Å². The number of carbonyl (C=O) groups excluding carboxylic acids is 2. The summed E-state index contributed by atoms with van der Waals surface area (Å²) >= 11 is 0. The van der Waals surface area contributed by atoms with E-state index in [2.05, 4.69) is 10.9 Å². The van der Waals surface area contributed by atoms with E-state index >= 15 is 0 Å². The highest BCUT2D eigenvalue weighted by atomic mass is 16.5. The van der Waals surface area contributed by atoms with E-state index in [0.29, 0.717) is 12.2 Å². The highest BCUT2D eigenvalue weighted by molar-refractivity contribution is 5.83. The number of nitrogens with one attached hydrogen (secondary N) is 2. The maximum Gasteiger partial charge on any atom is 0.276 e. The first kappa shape index (κ1) is 18.5. The highest BCUT2D eigenvalue weighted by Gasteiger charge is 2.16. The molecule has 0 radical (unpaired) electrons. The lowest BCUT2D eigenvalue weighted by Crippen LogP contribution is -2.44. The second-order valence-electron chi connectivity index (χ2n) is 6.98. The molecular formula is C20H24N2O3. The molecule has 2 N–H and O–H groups in total. The molecule has 0 atom stereocenters. The summed E-state index contributed by atoms with van der Waals surface area (Å²) in [6.45, 7) is 5.69. The zero-order valence-corrected chi connectivity index (χ0v) is 14.8. The average Bonchev–Trinajstić information content (AvgIpc) is 2.58. The number of carbonyl (C=O) groups is 2. The summed E-state index contributed by atoms with van der Waals surface area (Å²) in [6.07, 6.45) is 0.324. The fourth-order valence-corrected chi connectivity index (χ4v) is 2.29. The second-order valence-corrected chi connectivity index (χ2v) is 6.98. The zero-order chi connectivity index (χ0) is 18.3. The van der Waals surface area contributed by atoms with Crippen LogP contribution in [-0.2, 0) is 9.59 Å². The number of para-hydroxylation sites is 1.